The Morgan fingerprint density at radius 2 is 1.79 bits per heavy atom. The highest BCUT2D eigenvalue weighted by Crippen LogP contribution is 2.47. The maximum Gasteiger partial charge on any atom is 0.238 e. The highest BCUT2D eigenvalue weighted by atomic mass is 16.2. The van der Waals surface area contributed by atoms with Crippen LogP contribution in [0.1, 0.15) is 32.6 Å². The largest absolute Gasteiger partial charge is 0.354 e. The molecule has 1 rings (SSSR count). The minimum atomic E-state index is -0.755. The molecule has 0 saturated heterocycles. The number of hydrogen-bond acceptors (Lipinski definition) is 3. The van der Waals surface area contributed by atoms with E-state index in [0.29, 0.717) is 19.4 Å². The fourth-order valence-corrected chi connectivity index (χ4v) is 2.09. The molecule has 0 aromatic rings. The summed E-state index contributed by atoms with van der Waals surface area (Å²) in [7, 11) is 5.72. The molecule has 1 N–H and O–H groups in total. The van der Waals surface area contributed by atoms with Gasteiger partial charge in [-0.1, -0.05) is 13.3 Å². The van der Waals surface area contributed by atoms with Gasteiger partial charge in [0, 0.05) is 26.7 Å². The average molecular weight is 269 g/mol. The summed E-state index contributed by atoms with van der Waals surface area (Å²) in [6.45, 7) is 4.22. The second kappa shape index (κ2) is 6.89. The number of nitrogens with zero attached hydrogens (tertiary/aromatic N) is 2. The van der Waals surface area contributed by atoms with E-state index in [0.717, 1.165) is 25.9 Å². The van der Waals surface area contributed by atoms with Gasteiger partial charge in [0.15, 0.2) is 0 Å². The van der Waals surface area contributed by atoms with Gasteiger partial charge in [0.1, 0.15) is 5.41 Å². The second-order valence-electron chi connectivity index (χ2n) is 5.72. The van der Waals surface area contributed by atoms with Gasteiger partial charge in [0.2, 0.25) is 11.8 Å². The molecule has 0 unspecified atom stereocenters. The lowest BCUT2D eigenvalue weighted by atomic mass is 10.0. The summed E-state index contributed by atoms with van der Waals surface area (Å²) in [5, 5.41) is 2.88. The monoisotopic (exact) mass is 269 g/mol. The molecule has 0 aromatic heterocycles. The Labute approximate surface area is 116 Å². The maximum absolute atomic E-state index is 12.3. The lowest BCUT2D eigenvalue weighted by Crippen LogP contribution is -2.45. The standard InChI is InChI=1S/C14H27N3O2/c1-5-6-10-17(4)13(19)14(7-8-14)12(18)15-9-11-16(2)3/h5-11H2,1-4H3,(H,15,18). The topological polar surface area (TPSA) is 52.7 Å². The minimum absolute atomic E-state index is 0.0108. The van der Waals surface area contributed by atoms with E-state index in [1.165, 1.54) is 0 Å². The van der Waals surface area contributed by atoms with E-state index in [2.05, 4.69) is 12.2 Å². The number of carbonyl (C=O) groups is 2. The normalized spacial score (nSPS) is 16.3. The summed E-state index contributed by atoms with van der Waals surface area (Å²) in [6.07, 6.45) is 3.42. The summed E-state index contributed by atoms with van der Waals surface area (Å²) in [5.41, 5.74) is -0.755. The molecule has 1 fully saturated rings. The number of hydrogen-bond donors (Lipinski definition) is 1. The molecule has 0 heterocycles. The van der Waals surface area contributed by atoms with Crippen LogP contribution in [0.2, 0.25) is 0 Å². The van der Waals surface area contributed by atoms with E-state index in [1.54, 1.807) is 11.9 Å². The van der Waals surface area contributed by atoms with Crippen LogP contribution in [0.3, 0.4) is 0 Å². The molecule has 19 heavy (non-hydrogen) atoms. The number of amides is 2. The third-order valence-electron chi connectivity index (χ3n) is 3.63. The first-order chi connectivity index (χ1) is 8.94. The quantitative estimate of drug-likeness (QED) is 0.660. The first-order valence-electron chi connectivity index (χ1n) is 7.12. The van der Waals surface area contributed by atoms with Crippen molar-refractivity contribution >= 4 is 11.8 Å². The third kappa shape index (κ3) is 4.20. The van der Waals surface area contributed by atoms with E-state index in [1.807, 2.05) is 19.0 Å². The van der Waals surface area contributed by atoms with E-state index >= 15 is 0 Å². The average Bonchev–Trinajstić information content (AvgIpc) is 3.15. The van der Waals surface area contributed by atoms with Crippen molar-refractivity contribution < 1.29 is 9.59 Å². The van der Waals surface area contributed by atoms with Crippen molar-refractivity contribution in [1.29, 1.82) is 0 Å². The van der Waals surface area contributed by atoms with Gasteiger partial charge < -0.3 is 15.1 Å². The molecule has 1 aliphatic carbocycles. The van der Waals surface area contributed by atoms with Crippen LogP contribution < -0.4 is 5.32 Å². The van der Waals surface area contributed by atoms with Gasteiger partial charge in [0.25, 0.3) is 0 Å². The zero-order valence-corrected chi connectivity index (χ0v) is 12.7. The smallest absolute Gasteiger partial charge is 0.238 e. The predicted molar refractivity (Wildman–Crippen MR) is 75.8 cm³/mol. The summed E-state index contributed by atoms with van der Waals surface area (Å²) >= 11 is 0. The minimum Gasteiger partial charge on any atom is -0.354 e. The van der Waals surface area contributed by atoms with Gasteiger partial charge in [-0.05, 0) is 33.4 Å². The molecule has 110 valence electrons. The number of rotatable bonds is 8. The van der Waals surface area contributed by atoms with Crippen LogP contribution in [0.4, 0.5) is 0 Å². The van der Waals surface area contributed by atoms with Crippen LogP contribution in [0.25, 0.3) is 0 Å². The molecule has 1 aliphatic rings. The van der Waals surface area contributed by atoms with E-state index in [4.69, 9.17) is 0 Å². The van der Waals surface area contributed by atoms with Crippen LogP contribution in [0.5, 0.6) is 0 Å². The van der Waals surface area contributed by atoms with Crippen LogP contribution in [-0.4, -0.2) is 62.4 Å². The van der Waals surface area contributed by atoms with Crippen molar-refractivity contribution in [2.24, 2.45) is 5.41 Å². The summed E-state index contributed by atoms with van der Waals surface area (Å²) in [6, 6.07) is 0. The molecular formula is C14H27N3O2. The molecule has 5 heteroatoms. The molecule has 0 aromatic carbocycles. The molecular weight excluding hydrogens is 242 g/mol. The van der Waals surface area contributed by atoms with Gasteiger partial charge in [-0.2, -0.15) is 0 Å². The fraction of sp³-hybridized carbons (Fsp3) is 0.857. The van der Waals surface area contributed by atoms with Crippen molar-refractivity contribution in [2.75, 3.05) is 40.8 Å². The summed E-state index contributed by atoms with van der Waals surface area (Å²) in [4.78, 5) is 28.2. The Kier molecular flexibility index (Phi) is 5.79. The highest BCUT2D eigenvalue weighted by Gasteiger charge is 2.57. The van der Waals surface area contributed by atoms with E-state index in [-0.39, 0.29) is 11.8 Å². The predicted octanol–water partition coefficient (Wildman–Crippen LogP) is 0.703. The summed E-state index contributed by atoms with van der Waals surface area (Å²) in [5.74, 6) is -0.106. The van der Waals surface area contributed by atoms with Gasteiger partial charge >= 0.3 is 0 Å². The number of likely N-dealkylation sites (N-methyl/N-ethyl adjacent to an activating group) is 1. The number of unbranched alkanes of at least 4 members (excludes halogenated alkanes) is 1. The zero-order valence-electron chi connectivity index (χ0n) is 12.7. The lowest BCUT2D eigenvalue weighted by molar-refractivity contribution is -0.143. The summed E-state index contributed by atoms with van der Waals surface area (Å²) < 4.78 is 0. The van der Waals surface area contributed by atoms with Gasteiger partial charge in [-0.25, -0.2) is 0 Å². The SMILES string of the molecule is CCCCN(C)C(=O)C1(C(=O)NCCN(C)C)CC1. The Balaban J connectivity index is 2.46. The van der Waals surface area contributed by atoms with Crippen molar-refractivity contribution in [2.45, 2.75) is 32.6 Å². The van der Waals surface area contributed by atoms with E-state index < -0.39 is 5.41 Å². The number of carbonyl (C=O) groups excluding carboxylic acids is 2. The molecule has 5 nitrogen and oxygen atoms in total. The van der Waals surface area contributed by atoms with Gasteiger partial charge in [-0.15, -0.1) is 0 Å². The van der Waals surface area contributed by atoms with Crippen molar-refractivity contribution in [1.82, 2.24) is 15.1 Å². The molecule has 0 spiro atoms. The Morgan fingerprint density at radius 3 is 2.26 bits per heavy atom. The fourth-order valence-electron chi connectivity index (χ4n) is 2.09. The van der Waals surface area contributed by atoms with Gasteiger partial charge in [0.05, 0.1) is 0 Å². The van der Waals surface area contributed by atoms with Crippen molar-refractivity contribution in [3.05, 3.63) is 0 Å². The molecule has 0 aliphatic heterocycles. The molecule has 0 atom stereocenters. The Hall–Kier alpha value is -1.10. The highest BCUT2D eigenvalue weighted by molar-refractivity contribution is 6.07. The Morgan fingerprint density at radius 1 is 1.16 bits per heavy atom. The van der Waals surface area contributed by atoms with Crippen LogP contribution >= 0.6 is 0 Å². The first-order valence-corrected chi connectivity index (χ1v) is 7.12. The van der Waals surface area contributed by atoms with Crippen LogP contribution in [0, 0.1) is 5.41 Å². The molecule has 2 amide bonds. The lowest BCUT2D eigenvalue weighted by Gasteiger charge is -2.23. The molecule has 0 bridgehead atoms. The Bertz CT molecular complexity index is 325. The third-order valence-corrected chi connectivity index (χ3v) is 3.63. The second-order valence-corrected chi connectivity index (χ2v) is 5.72. The van der Waals surface area contributed by atoms with Crippen LogP contribution in [-0.2, 0) is 9.59 Å². The van der Waals surface area contributed by atoms with Crippen molar-refractivity contribution in [3.63, 3.8) is 0 Å². The zero-order chi connectivity index (χ0) is 14.5. The van der Waals surface area contributed by atoms with Gasteiger partial charge in [-0.3, -0.25) is 9.59 Å². The first kappa shape index (κ1) is 16.0. The molecule has 1 saturated carbocycles. The molecule has 0 radical (unpaired) electrons. The van der Waals surface area contributed by atoms with E-state index in [9.17, 15) is 9.59 Å². The van der Waals surface area contributed by atoms with Crippen LogP contribution in [0.15, 0.2) is 0 Å². The maximum atomic E-state index is 12.3. The van der Waals surface area contributed by atoms with Crippen molar-refractivity contribution in [3.8, 4) is 0 Å². The number of nitrogens with one attached hydrogen (secondary N) is 1.